The summed E-state index contributed by atoms with van der Waals surface area (Å²) in [6, 6.07) is 3.81. The summed E-state index contributed by atoms with van der Waals surface area (Å²) < 4.78 is 5.47. The molecule has 2 N–H and O–H groups in total. The van der Waals surface area contributed by atoms with Gasteiger partial charge in [-0.15, -0.1) is 0 Å². The second-order valence-electron chi connectivity index (χ2n) is 4.95. The number of carbonyl (C=O) groups excluding carboxylic acids is 1. The second-order valence-corrected chi connectivity index (χ2v) is 5.35. The highest BCUT2D eigenvalue weighted by atomic mass is 35.5. The van der Waals surface area contributed by atoms with E-state index < -0.39 is 5.97 Å². The Labute approximate surface area is 127 Å². The molecule has 7 heteroatoms. The van der Waals surface area contributed by atoms with Gasteiger partial charge in [0.15, 0.2) is 0 Å². The number of rotatable bonds is 4. The van der Waals surface area contributed by atoms with Crippen molar-refractivity contribution < 1.29 is 19.4 Å². The molecule has 0 saturated carbocycles. The van der Waals surface area contributed by atoms with Crippen molar-refractivity contribution in [3.63, 3.8) is 0 Å². The van der Waals surface area contributed by atoms with E-state index in [2.05, 4.69) is 5.32 Å². The van der Waals surface area contributed by atoms with Gasteiger partial charge < -0.3 is 20.1 Å². The third kappa shape index (κ3) is 4.09. The van der Waals surface area contributed by atoms with Crippen LogP contribution in [0.1, 0.15) is 23.2 Å². The first-order valence-electron chi connectivity index (χ1n) is 6.64. The highest BCUT2D eigenvalue weighted by Gasteiger charge is 2.20. The molecule has 1 aliphatic heterocycles. The molecular formula is C14H17ClN2O4. The van der Waals surface area contributed by atoms with Crippen LogP contribution in [0.2, 0.25) is 5.02 Å². The number of halogens is 1. The molecule has 0 spiro atoms. The number of anilines is 1. The summed E-state index contributed by atoms with van der Waals surface area (Å²) in [6.45, 7) is 1.22. The SMILES string of the molecule is CN(CC1CCCO1)C(=O)Nc1cc(C(=O)O)ccc1Cl. The van der Waals surface area contributed by atoms with Crippen LogP contribution in [0, 0.1) is 0 Å². The van der Waals surface area contributed by atoms with Crippen LogP contribution in [0.15, 0.2) is 18.2 Å². The van der Waals surface area contributed by atoms with Crippen molar-refractivity contribution >= 4 is 29.3 Å². The smallest absolute Gasteiger partial charge is 0.335 e. The summed E-state index contributed by atoms with van der Waals surface area (Å²) in [6.07, 6.45) is 2.00. The number of aromatic carboxylic acids is 1. The number of ether oxygens (including phenoxy) is 1. The van der Waals surface area contributed by atoms with Gasteiger partial charge in [-0.05, 0) is 31.0 Å². The van der Waals surface area contributed by atoms with Crippen LogP contribution in [-0.4, -0.2) is 48.3 Å². The molecule has 1 saturated heterocycles. The van der Waals surface area contributed by atoms with Crippen LogP contribution in [0.4, 0.5) is 10.5 Å². The molecule has 1 atom stereocenters. The number of benzene rings is 1. The van der Waals surface area contributed by atoms with E-state index in [1.54, 1.807) is 7.05 Å². The van der Waals surface area contributed by atoms with Gasteiger partial charge in [-0.3, -0.25) is 0 Å². The maximum absolute atomic E-state index is 12.1. The van der Waals surface area contributed by atoms with E-state index in [0.29, 0.717) is 11.6 Å². The van der Waals surface area contributed by atoms with Gasteiger partial charge in [0.25, 0.3) is 0 Å². The highest BCUT2D eigenvalue weighted by molar-refractivity contribution is 6.33. The number of amides is 2. The number of nitrogens with one attached hydrogen (secondary N) is 1. The van der Waals surface area contributed by atoms with Crippen molar-refractivity contribution in [1.82, 2.24) is 4.90 Å². The lowest BCUT2D eigenvalue weighted by Crippen LogP contribution is -2.37. The average Bonchev–Trinajstić information content (AvgIpc) is 2.93. The van der Waals surface area contributed by atoms with E-state index in [9.17, 15) is 9.59 Å². The quantitative estimate of drug-likeness (QED) is 0.896. The molecule has 2 rings (SSSR count). The Bertz CT molecular complexity index is 544. The summed E-state index contributed by atoms with van der Waals surface area (Å²) in [5, 5.41) is 11.9. The maximum Gasteiger partial charge on any atom is 0.335 e. The van der Waals surface area contributed by atoms with Crippen molar-refractivity contribution in [3.8, 4) is 0 Å². The van der Waals surface area contributed by atoms with Crippen molar-refractivity contribution in [1.29, 1.82) is 0 Å². The predicted molar refractivity (Wildman–Crippen MR) is 79.0 cm³/mol. The van der Waals surface area contributed by atoms with Crippen molar-refractivity contribution in [2.45, 2.75) is 18.9 Å². The standard InChI is InChI=1S/C14H17ClN2O4/c1-17(8-10-3-2-6-21-10)14(20)16-12-7-9(13(18)19)4-5-11(12)15/h4-5,7,10H,2-3,6,8H2,1H3,(H,16,20)(H,18,19). The molecule has 0 bridgehead atoms. The molecule has 0 radical (unpaired) electrons. The number of likely N-dealkylation sites (N-methyl/N-ethyl adjacent to an activating group) is 1. The van der Waals surface area contributed by atoms with Gasteiger partial charge in [0.1, 0.15) is 0 Å². The second kappa shape index (κ2) is 6.78. The minimum atomic E-state index is -1.07. The Morgan fingerprint density at radius 1 is 1.52 bits per heavy atom. The van der Waals surface area contributed by atoms with Crippen LogP contribution in [0.25, 0.3) is 0 Å². The zero-order chi connectivity index (χ0) is 15.4. The Morgan fingerprint density at radius 2 is 2.29 bits per heavy atom. The number of hydrogen-bond donors (Lipinski definition) is 2. The molecule has 1 fully saturated rings. The van der Waals surface area contributed by atoms with Gasteiger partial charge >= 0.3 is 12.0 Å². The summed E-state index contributed by atoms with van der Waals surface area (Å²) in [5.41, 5.74) is 0.345. The molecule has 1 aromatic carbocycles. The molecule has 21 heavy (non-hydrogen) atoms. The van der Waals surface area contributed by atoms with Gasteiger partial charge in [0.05, 0.1) is 22.4 Å². The van der Waals surface area contributed by atoms with Gasteiger partial charge in [0, 0.05) is 20.2 Å². The molecule has 1 aliphatic rings. The largest absolute Gasteiger partial charge is 0.478 e. The molecule has 6 nitrogen and oxygen atoms in total. The number of carboxylic acids is 1. The van der Waals surface area contributed by atoms with Crippen molar-refractivity contribution in [2.75, 3.05) is 25.5 Å². The number of carbonyl (C=O) groups is 2. The van der Waals surface area contributed by atoms with Gasteiger partial charge in [0.2, 0.25) is 0 Å². The molecule has 1 unspecified atom stereocenters. The average molecular weight is 313 g/mol. The summed E-state index contributed by atoms with van der Waals surface area (Å²) in [5.74, 6) is -1.07. The van der Waals surface area contributed by atoms with Crippen LogP contribution in [0.3, 0.4) is 0 Å². The summed E-state index contributed by atoms with van der Waals surface area (Å²) in [4.78, 5) is 24.5. The Kier molecular flexibility index (Phi) is 5.03. The first-order valence-corrected chi connectivity index (χ1v) is 7.01. The number of nitrogens with zero attached hydrogens (tertiary/aromatic N) is 1. The van der Waals surface area contributed by atoms with E-state index in [1.165, 1.54) is 23.1 Å². The highest BCUT2D eigenvalue weighted by Crippen LogP contribution is 2.23. The molecule has 2 amide bonds. The summed E-state index contributed by atoms with van der Waals surface area (Å²) in [7, 11) is 1.66. The number of urea groups is 1. The topological polar surface area (TPSA) is 78.9 Å². The fraction of sp³-hybridized carbons (Fsp3) is 0.429. The van der Waals surface area contributed by atoms with Gasteiger partial charge in [-0.2, -0.15) is 0 Å². The van der Waals surface area contributed by atoms with Crippen LogP contribution in [-0.2, 0) is 4.74 Å². The van der Waals surface area contributed by atoms with E-state index in [0.717, 1.165) is 19.4 Å². The zero-order valence-electron chi connectivity index (χ0n) is 11.6. The fourth-order valence-electron chi connectivity index (χ4n) is 2.14. The molecule has 0 aliphatic carbocycles. The lowest BCUT2D eigenvalue weighted by Gasteiger charge is -2.21. The van der Waals surface area contributed by atoms with E-state index >= 15 is 0 Å². The van der Waals surface area contributed by atoms with Gasteiger partial charge in [-0.25, -0.2) is 9.59 Å². The van der Waals surface area contributed by atoms with Crippen LogP contribution >= 0.6 is 11.6 Å². The first-order chi connectivity index (χ1) is 9.97. The third-order valence-electron chi connectivity index (χ3n) is 3.30. The number of carboxylic acid groups (broad SMARTS) is 1. The lowest BCUT2D eigenvalue weighted by molar-refractivity contribution is 0.0697. The van der Waals surface area contributed by atoms with Crippen molar-refractivity contribution in [2.24, 2.45) is 0 Å². The minimum Gasteiger partial charge on any atom is -0.478 e. The molecule has 1 aromatic rings. The molecule has 0 aromatic heterocycles. The monoisotopic (exact) mass is 312 g/mol. The Morgan fingerprint density at radius 3 is 2.90 bits per heavy atom. The zero-order valence-corrected chi connectivity index (χ0v) is 12.4. The predicted octanol–water partition coefficient (Wildman–Crippen LogP) is 2.68. The van der Waals surface area contributed by atoms with Crippen LogP contribution < -0.4 is 5.32 Å². The molecule has 114 valence electrons. The summed E-state index contributed by atoms with van der Waals surface area (Å²) >= 11 is 5.97. The normalized spacial score (nSPS) is 17.5. The van der Waals surface area contributed by atoms with Crippen molar-refractivity contribution in [3.05, 3.63) is 28.8 Å². The first kappa shape index (κ1) is 15.6. The molecular weight excluding hydrogens is 296 g/mol. The minimum absolute atomic E-state index is 0.0570. The number of hydrogen-bond acceptors (Lipinski definition) is 3. The fourth-order valence-corrected chi connectivity index (χ4v) is 2.31. The van der Waals surface area contributed by atoms with Gasteiger partial charge in [-0.1, -0.05) is 11.6 Å². The van der Waals surface area contributed by atoms with E-state index in [1.807, 2.05) is 0 Å². The lowest BCUT2D eigenvalue weighted by atomic mass is 10.2. The van der Waals surface area contributed by atoms with E-state index in [-0.39, 0.29) is 23.4 Å². The van der Waals surface area contributed by atoms with Crippen LogP contribution in [0.5, 0.6) is 0 Å². The third-order valence-corrected chi connectivity index (χ3v) is 3.63. The maximum atomic E-state index is 12.1. The Hall–Kier alpha value is -1.79. The Balaban J connectivity index is 2.01. The molecule has 1 heterocycles. The van der Waals surface area contributed by atoms with E-state index in [4.69, 9.17) is 21.4 Å².